The number of imidazole rings is 1. The highest BCUT2D eigenvalue weighted by Gasteiger charge is 2.34. The van der Waals surface area contributed by atoms with Crippen LogP contribution in [0.3, 0.4) is 0 Å². The second-order valence-electron chi connectivity index (χ2n) is 6.44. The monoisotopic (exact) mass is 348 g/mol. The number of rotatable bonds is 3. The van der Waals surface area contributed by atoms with E-state index in [4.69, 9.17) is 0 Å². The third kappa shape index (κ3) is 2.59. The predicted octanol–water partition coefficient (Wildman–Crippen LogP) is 1.20. The number of carbonyl (C=O) groups excluding carboxylic acids is 1. The molecule has 2 heterocycles. The molecule has 0 spiro atoms. The fourth-order valence-electron chi connectivity index (χ4n) is 3.29. The van der Waals surface area contributed by atoms with Gasteiger partial charge in [-0.1, -0.05) is 6.42 Å². The second kappa shape index (κ2) is 5.86. The highest BCUT2D eigenvalue weighted by atomic mass is 32.2. The number of fused-ring (bicyclic) bond motifs is 1. The molecule has 1 saturated heterocycles. The smallest absolute Gasteiger partial charge is 0.243 e. The summed E-state index contributed by atoms with van der Waals surface area (Å²) in [6.45, 7) is 1.64. The number of aromatic nitrogens is 2. The van der Waals surface area contributed by atoms with Crippen molar-refractivity contribution in [2.75, 3.05) is 26.2 Å². The summed E-state index contributed by atoms with van der Waals surface area (Å²) in [5.41, 5.74) is 1.44. The van der Waals surface area contributed by atoms with Crippen LogP contribution >= 0.6 is 0 Å². The minimum Gasteiger partial charge on any atom is -0.345 e. The largest absolute Gasteiger partial charge is 0.345 e. The summed E-state index contributed by atoms with van der Waals surface area (Å²) in [5.74, 6) is 0.355. The molecule has 1 N–H and O–H groups in total. The maximum Gasteiger partial charge on any atom is 0.243 e. The van der Waals surface area contributed by atoms with Crippen molar-refractivity contribution in [1.82, 2.24) is 19.2 Å². The topological polar surface area (TPSA) is 86.4 Å². The number of sulfonamides is 1. The Morgan fingerprint density at radius 2 is 1.92 bits per heavy atom. The van der Waals surface area contributed by atoms with E-state index in [1.807, 2.05) is 4.90 Å². The predicted molar refractivity (Wildman–Crippen MR) is 88.8 cm³/mol. The van der Waals surface area contributed by atoms with Gasteiger partial charge in [0.05, 0.1) is 22.3 Å². The van der Waals surface area contributed by atoms with Crippen molar-refractivity contribution in [2.45, 2.75) is 24.2 Å². The zero-order valence-corrected chi connectivity index (χ0v) is 14.1. The van der Waals surface area contributed by atoms with Crippen LogP contribution in [-0.2, 0) is 14.8 Å². The first-order valence-corrected chi connectivity index (χ1v) is 9.72. The van der Waals surface area contributed by atoms with E-state index in [1.165, 1.54) is 4.31 Å². The van der Waals surface area contributed by atoms with Crippen LogP contribution in [0.2, 0.25) is 0 Å². The molecule has 24 heavy (non-hydrogen) atoms. The van der Waals surface area contributed by atoms with Crippen LogP contribution < -0.4 is 0 Å². The van der Waals surface area contributed by atoms with E-state index in [2.05, 4.69) is 9.97 Å². The summed E-state index contributed by atoms with van der Waals surface area (Å²) >= 11 is 0. The Balaban J connectivity index is 1.48. The number of piperazine rings is 1. The molecule has 0 unspecified atom stereocenters. The number of hydrogen-bond acceptors (Lipinski definition) is 4. The Hall–Kier alpha value is -1.93. The van der Waals surface area contributed by atoms with Crippen LogP contribution in [0.15, 0.2) is 29.4 Å². The van der Waals surface area contributed by atoms with Gasteiger partial charge in [0.25, 0.3) is 0 Å². The number of aromatic amines is 1. The van der Waals surface area contributed by atoms with E-state index < -0.39 is 10.0 Å². The average molecular weight is 348 g/mol. The molecule has 1 amide bonds. The Morgan fingerprint density at radius 1 is 1.17 bits per heavy atom. The number of nitrogens with one attached hydrogen (secondary N) is 1. The number of carbonyl (C=O) groups is 1. The molecule has 2 fully saturated rings. The van der Waals surface area contributed by atoms with Crippen LogP contribution in [-0.4, -0.2) is 59.7 Å². The van der Waals surface area contributed by atoms with E-state index in [1.54, 1.807) is 24.5 Å². The molecule has 1 aromatic carbocycles. The lowest BCUT2D eigenvalue weighted by Gasteiger charge is -2.37. The second-order valence-corrected chi connectivity index (χ2v) is 8.38. The molecule has 0 radical (unpaired) electrons. The van der Waals surface area contributed by atoms with Gasteiger partial charge in [-0.3, -0.25) is 4.79 Å². The van der Waals surface area contributed by atoms with E-state index in [-0.39, 0.29) is 16.7 Å². The van der Waals surface area contributed by atoms with Crippen molar-refractivity contribution in [1.29, 1.82) is 0 Å². The molecule has 2 aliphatic rings. The van der Waals surface area contributed by atoms with Gasteiger partial charge in [-0.05, 0) is 31.0 Å². The van der Waals surface area contributed by atoms with E-state index >= 15 is 0 Å². The van der Waals surface area contributed by atoms with Gasteiger partial charge in [0.15, 0.2) is 0 Å². The minimum atomic E-state index is -3.54. The molecule has 1 aromatic heterocycles. The van der Waals surface area contributed by atoms with Crippen LogP contribution in [0.4, 0.5) is 0 Å². The summed E-state index contributed by atoms with van der Waals surface area (Å²) < 4.78 is 27.1. The molecule has 8 heteroatoms. The maximum atomic E-state index is 12.8. The molecule has 7 nitrogen and oxygen atoms in total. The van der Waals surface area contributed by atoms with Crippen molar-refractivity contribution in [3.63, 3.8) is 0 Å². The SMILES string of the molecule is O=C(C1CCC1)N1CCN(S(=O)(=O)c2ccc3nc[nH]c3c2)CC1. The maximum absolute atomic E-state index is 12.8. The Morgan fingerprint density at radius 3 is 2.58 bits per heavy atom. The lowest BCUT2D eigenvalue weighted by atomic mass is 9.84. The number of benzene rings is 1. The molecule has 1 saturated carbocycles. The van der Waals surface area contributed by atoms with Gasteiger partial charge in [-0.15, -0.1) is 0 Å². The molecule has 2 aromatic rings. The zero-order chi connectivity index (χ0) is 16.7. The van der Waals surface area contributed by atoms with Gasteiger partial charge in [0.2, 0.25) is 15.9 Å². The first-order valence-electron chi connectivity index (χ1n) is 8.28. The zero-order valence-electron chi connectivity index (χ0n) is 13.3. The van der Waals surface area contributed by atoms with Crippen molar-refractivity contribution in [3.8, 4) is 0 Å². The minimum absolute atomic E-state index is 0.163. The van der Waals surface area contributed by atoms with Crippen LogP contribution in [0.1, 0.15) is 19.3 Å². The van der Waals surface area contributed by atoms with Crippen LogP contribution in [0.5, 0.6) is 0 Å². The first kappa shape index (κ1) is 15.6. The molecule has 1 aliphatic carbocycles. The molecule has 4 rings (SSSR count). The number of amides is 1. The van der Waals surface area contributed by atoms with E-state index in [0.717, 1.165) is 24.8 Å². The number of nitrogens with zero attached hydrogens (tertiary/aromatic N) is 3. The van der Waals surface area contributed by atoms with Crippen molar-refractivity contribution >= 4 is 27.0 Å². The lowest BCUT2D eigenvalue weighted by Crippen LogP contribution is -2.52. The summed E-state index contributed by atoms with van der Waals surface area (Å²) in [7, 11) is -3.54. The number of hydrogen-bond donors (Lipinski definition) is 1. The van der Waals surface area contributed by atoms with Gasteiger partial charge in [0, 0.05) is 32.1 Å². The van der Waals surface area contributed by atoms with Crippen molar-refractivity contribution < 1.29 is 13.2 Å². The molecular weight excluding hydrogens is 328 g/mol. The Labute approximate surface area is 140 Å². The summed E-state index contributed by atoms with van der Waals surface area (Å²) in [4.78, 5) is 21.4. The highest BCUT2D eigenvalue weighted by molar-refractivity contribution is 7.89. The Bertz CT molecular complexity index is 864. The molecular formula is C16H20N4O3S. The third-order valence-electron chi connectivity index (χ3n) is 5.03. The molecule has 1 aliphatic heterocycles. The van der Waals surface area contributed by atoms with Gasteiger partial charge in [-0.25, -0.2) is 13.4 Å². The van der Waals surface area contributed by atoms with Gasteiger partial charge in [-0.2, -0.15) is 4.31 Å². The normalized spacial score (nSPS) is 20.2. The van der Waals surface area contributed by atoms with Crippen LogP contribution in [0, 0.1) is 5.92 Å². The van der Waals surface area contributed by atoms with Crippen molar-refractivity contribution in [3.05, 3.63) is 24.5 Å². The average Bonchev–Trinajstić information content (AvgIpc) is 3.01. The fraction of sp³-hybridized carbons (Fsp3) is 0.500. The lowest BCUT2D eigenvalue weighted by molar-refractivity contribution is -0.139. The van der Waals surface area contributed by atoms with Gasteiger partial charge in [0.1, 0.15) is 0 Å². The summed E-state index contributed by atoms with van der Waals surface area (Å²) in [5, 5.41) is 0. The highest BCUT2D eigenvalue weighted by Crippen LogP contribution is 2.29. The van der Waals surface area contributed by atoms with Gasteiger partial charge >= 0.3 is 0 Å². The van der Waals surface area contributed by atoms with E-state index in [0.29, 0.717) is 31.7 Å². The van der Waals surface area contributed by atoms with E-state index in [9.17, 15) is 13.2 Å². The standard InChI is InChI=1S/C16H20N4O3S/c21-16(12-2-1-3-12)19-6-8-20(9-7-19)24(22,23)13-4-5-14-15(10-13)18-11-17-14/h4-5,10-12H,1-3,6-9H2,(H,17,18). The molecule has 128 valence electrons. The van der Waals surface area contributed by atoms with Gasteiger partial charge < -0.3 is 9.88 Å². The molecule has 0 atom stereocenters. The first-order chi connectivity index (χ1) is 11.6. The Kier molecular flexibility index (Phi) is 3.80. The quantitative estimate of drug-likeness (QED) is 0.903. The summed E-state index contributed by atoms with van der Waals surface area (Å²) in [6.07, 6.45) is 4.62. The van der Waals surface area contributed by atoms with Crippen molar-refractivity contribution in [2.24, 2.45) is 5.92 Å². The van der Waals surface area contributed by atoms with Crippen LogP contribution in [0.25, 0.3) is 11.0 Å². The third-order valence-corrected chi connectivity index (χ3v) is 6.93. The summed E-state index contributed by atoms with van der Waals surface area (Å²) in [6, 6.07) is 4.91. The molecule has 0 bridgehead atoms. The fourth-order valence-corrected chi connectivity index (χ4v) is 4.74. The number of H-pyrrole nitrogens is 1.